The molecule has 0 radical (unpaired) electrons. The highest BCUT2D eigenvalue weighted by molar-refractivity contribution is 6.11. The molecule has 69 heavy (non-hydrogen) atoms. The molecule has 0 aliphatic heterocycles. The number of nitrogens with zero attached hydrogens (tertiary/aromatic N) is 2. The van der Waals surface area contributed by atoms with Crippen molar-refractivity contribution in [1.29, 1.82) is 0 Å². The van der Waals surface area contributed by atoms with Crippen LogP contribution in [0.25, 0.3) is 83.1 Å². The van der Waals surface area contributed by atoms with Crippen molar-refractivity contribution in [2.24, 2.45) is 0 Å². The van der Waals surface area contributed by atoms with Gasteiger partial charge in [-0.05, 0) is 157 Å². The number of fused-ring (bicyclic) bond motifs is 6. The Kier molecular flexibility index (Phi) is 10.5. The molecule has 10 aromatic carbocycles. The molecule has 0 bridgehead atoms. The Labute approximate surface area is 406 Å². The van der Waals surface area contributed by atoms with Crippen LogP contribution >= 0.6 is 0 Å². The molecule has 1 heterocycles. The molecule has 2 nitrogen and oxygen atoms in total. The van der Waals surface area contributed by atoms with Crippen LogP contribution < -0.4 is 4.90 Å². The van der Waals surface area contributed by atoms with Gasteiger partial charge >= 0.3 is 0 Å². The zero-order valence-electron chi connectivity index (χ0n) is 39.7. The maximum atomic E-state index is 2.42. The molecule has 11 aromatic rings. The number of rotatable bonds is 10. The topological polar surface area (TPSA) is 8.17 Å². The number of aromatic nitrogens is 1. The Balaban J connectivity index is 0.923. The predicted octanol–water partition coefficient (Wildman–Crippen LogP) is 18.7. The number of benzene rings is 10. The fraction of sp³-hybridized carbons (Fsp3) is 0.104. The minimum absolute atomic E-state index is 0.109. The maximum Gasteiger partial charge on any atom is 0.0541 e. The lowest BCUT2D eigenvalue weighted by molar-refractivity contribution is 0.660. The second-order valence-corrected chi connectivity index (χ2v) is 19.3. The Morgan fingerprint density at radius 3 is 1.36 bits per heavy atom. The van der Waals surface area contributed by atoms with Gasteiger partial charge in [-0.25, -0.2) is 0 Å². The molecule has 1 atom stereocenters. The average molecular weight is 887 g/mol. The highest BCUT2D eigenvalue weighted by Crippen LogP contribution is 2.51. The first-order valence-electron chi connectivity index (χ1n) is 24.5. The van der Waals surface area contributed by atoms with E-state index in [9.17, 15) is 0 Å². The van der Waals surface area contributed by atoms with Gasteiger partial charge in [-0.2, -0.15) is 0 Å². The summed E-state index contributed by atoms with van der Waals surface area (Å²) in [5.74, 6) is 0.570. The average Bonchev–Trinajstić information content (AvgIpc) is 3.86. The third-order valence-electron chi connectivity index (χ3n) is 14.9. The molecular weight excluding hydrogens is 833 g/mol. The van der Waals surface area contributed by atoms with E-state index >= 15 is 0 Å². The summed E-state index contributed by atoms with van der Waals surface area (Å²) >= 11 is 0. The normalized spacial score (nSPS) is 13.0. The van der Waals surface area contributed by atoms with Crippen LogP contribution in [0.5, 0.6) is 0 Å². The van der Waals surface area contributed by atoms with E-state index in [0.717, 1.165) is 29.2 Å². The minimum atomic E-state index is -0.109. The zero-order valence-corrected chi connectivity index (χ0v) is 39.7. The van der Waals surface area contributed by atoms with Gasteiger partial charge in [-0.15, -0.1) is 0 Å². The number of hydrogen-bond acceptors (Lipinski definition) is 1. The third-order valence-corrected chi connectivity index (χ3v) is 14.9. The third kappa shape index (κ3) is 7.45. The van der Waals surface area contributed by atoms with Gasteiger partial charge < -0.3 is 9.47 Å². The van der Waals surface area contributed by atoms with E-state index in [4.69, 9.17) is 0 Å². The quantitative estimate of drug-likeness (QED) is 0.133. The molecular formula is C67H54N2. The fourth-order valence-corrected chi connectivity index (χ4v) is 10.8. The monoisotopic (exact) mass is 886 g/mol. The van der Waals surface area contributed by atoms with Crippen molar-refractivity contribution in [2.45, 2.75) is 45.4 Å². The Morgan fingerprint density at radius 2 is 0.812 bits per heavy atom. The molecule has 0 saturated heterocycles. The largest absolute Gasteiger partial charge is 0.310 e. The first-order chi connectivity index (χ1) is 33.8. The van der Waals surface area contributed by atoms with Crippen LogP contribution in [0, 0.1) is 0 Å². The lowest BCUT2D eigenvalue weighted by atomic mass is 9.82. The maximum absolute atomic E-state index is 2.42. The summed E-state index contributed by atoms with van der Waals surface area (Å²) in [7, 11) is 0. The molecule has 0 amide bonds. The molecule has 1 aromatic heterocycles. The smallest absolute Gasteiger partial charge is 0.0541 e. The van der Waals surface area contributed by atoms with E-state index in [2.05, 4.69) is 274 Å². The minimum Gasteiger partial charge on any atom is -0.310 e. The molecule has 332 valence electrons. The first-order valence-corrected chi connectivity index (χ1v) is 24.5. The van der Waals surface area contributed by atoms with Crippen LogP contribution in [0.3, 0.4) is 0 Å². The van der Waals surface area contributed by atoms with Gasteiger partial charge in [0.15, 0.2) is 0 Å². The highest BCUT2D eigenvalue weighted by Gasteiger charge is 2.35. The molecule has 0 saturated carbocycles. The summed E-state index contributed by atoms with van der Waals surface area (Å²) in [6.07, 6.45) is 1.15. The molecule has 12 rings (SSSR count). The summed E-state index contributed by atoms with van der Waals surface area (Å²) in [6, 6.07) is 87.5. The van der Waals surface area contributed by atoms with Gasteiger partial charge in [-0.1, -0.05) is 191 Å². The van der Waals surface area contributed by atoms with Gasteiger partial charge in [0, 0.05) is 38.9 Å². The molecule has 2 heteroatoms. The van der Waals surface area contributed by atoms with Crippen molar-refractivity contribution in [3.05, 3.63) is 253 Å². The van der Waals surface area contributed by atoms with E-state index in [-0.39, 0.29) is 5.41 Å². The van der Waals surface area contributed by atoms with Crippen LogP contribution in [0.1, 0.15) is 56.7 Å². The van der Waals surface area contributed by atoms with Crippen molar-refractivity contribution in [3.8, 4) is 61.3 Å². The van der Waals surface area contributed by atoms with Crippen LogP contribution in [0.15, 0.2) is 237 Å². The SMILES string of the molecule is CCC(C)c1ccc(-c2ccc(-c3ccc4c(c3)c3cc(-c5ccc(N(c6ccc(-c7ccccc7)cc6)c6ccc7c(c6)C(C)(C)c6ccccc6-7)cc5)ccc3n4-c3ccccc3)cc2)cc1. The second kappa shape index (κ2) is 17.1. The van der Waals surface area contributed by atoms with Crippen molar-refractivity contribution >= 4 is 38.9 Å². The van der Waals surface area contributed by atoms with Crippen molar-refractivity contribution in [1.82, 2.24) is 4.57 Å². The molecule has 0 spiro atoms. The lowest BCUT2D eigenvalue weighted by Crippen LogP contribution is -2.16. The lowest BCUT2D eigenvalue weighted by Gasteiger charge is -2.28. The summed E-state index contributed by atoms with van der Waals surface area (Å²) < 4.78 is 2.41. The van der Waals surface area contributed by atoms with Crippen molar-refractivity contribution in [2.75, 3.05) is 4.90 Å². The van der Waals surface area contributed by atoms with Gasteiger partial charge in [0.05, 0.1) is 11.0 Å². The van der Waals surface area contributed by atoms with Gasteiger partial charge in [0.2, 0.25) is 0 Å². The second-order valence-electron chi connectivity index (χ2n) is 19.3. The fourth-order valence-electron chi connectivity index (χ4n) is 10.8. The number of anilines is 3. The molecule has 1 aliphatic rings. The molecule has 0 fully saturated rings. The van der Waals surface area contributed by atoms with Crippen LogP contribution in [0.4, 0.5) is 17.1 Å². The van der Waals surface area contributed by atoms with E-state index in [1.165, 1.54) is 94.1 Å². The Morgan fingerprint density at radius 1 is 0.391 bits per heavy atom. The highest BCUT2D eigenvalue weighted by atomic mass is 15.1. The van der Waals surface area contributed by atoms with Gasteiger partial charge in [0.1, 0.15) is 0 Å². The van der Waals surface area contributed by atoms with E-state index in [1.807, 2.05) is 0 Å². The van der Waals surface area contributed by atoms with E-state index < -0.39 is 0 Å². The van der Waals surface area contributed by atoms with Gasteiger partial charge in [-0.3, -0.25) is 0 Å². The molecule has 1 aliphatic carbocycles. The number of para-hydroxylation sites is 1. The van der Waals surface area contributed by atoms with Crippen LogP contribution in [-0.2, 0) is 5.41 Å². The van der Waals surface area contributed by atoms with E-state index in [0.29, 0.717) is 5.92 Å². The predicted molar refractivity (Wildman–Crippen MR) is 293 cm³/mol. The Hall–Kier alpha value is -8.20. The Bertz CT molecular complexity index is 3640. The molecule has 0 N–H and O–H groups in total. The number of hydrogen-bond donors (Lipinski definition) is 0. The first kappa shape index (κ1) is 42.2. The van der Waals surface area contributed by atoms with Crippen molar-refractivity contribution in [3.63, 3.8) is 0 Å². The summed E-state index contributed by atoms with van der Waals surface area (Å²) in [6.45, 7) is 9.26. The van der Waals surface area contributed by atoms with Gasteiger partial charge in [0.25, 0.3) is 0 Å². The standard InChI is InChI=1S/C67H54N2/c1-5-45(2)46-20-22-48(23-21-46)49-24-26-51(27-25-49)53-32-40-65-61(42-53)62-43-54(33-41-66(62)69(65)55-16-10-7-11-17-55)52-30-36-57(37-31-52)68(56-34-28-50(29-35-56)47-14-8-6-9-15-47)58-38-39-60-59-18-12-13-19-63(59)67(3,4)64(60)44-58/h6-45H,5H2,1-4H3. The molecule has 1 unspecified atom stereocenters. The van der Waals surface area contributed by atoms with Crippen LogP contribution in [-0.4, -0.2) is 4.57 Å². The summed E-state index contributed by atoms with van der Waals surface area (Å²) in [5.41, 5.74) is 23.3. The van der Waals surface area contributed by atoms with E-state index in [1.54, 1.807) is 0 Å². The summed E-state index contributed by atoms with van der Waals surface area (Å²) in [4.78, 5) is 2.41. The van der Waals surface area contributed by atoms with Crippen molar-refractivity contribution < 1.29 is 0 Å². The zero-order chi connectivity index (χ0) is 46.6. The van der Waals surface area contributed by atoms with Crippen LogP contribution in [0.2, 0.25) is 0 Å². The summed E-state index contributed by atoms with van der Waals surface area (Å²) in [5, 5.41) is 2.47.